The van der Waals surface area contributed by atoms with Gasteiger partial charge in [0.15, 0.2) is 0 Å². The van der Waals surface area contributed by atoms with Gasteiger partial charge in [-0.1, -0.05) is 20.8 Å². The first-order valence-corrected chi connectivity index (χ1v) is 7.57. The Morgan fingerprint density at radius 1 is 1.38 bits per heavy atom. The zero-order valence-corrected chi connectivity index (χ0v) is 13.4. The first kappa shape index (κ1) is 15.7. The van der Waals surface area contributed by atoms with Gasteiger partial charge in [-0.15, -0.1) is 0 Å². The molecule has 0 N–H and O–H groups in total. The van der Waals surface area contributed by atoms with E-state index in [1.165, 1.54) is 0 Å². The minimum absolute atomic E-state index is 0.0446. The zero-order chi connectivity index (χ0) is 15.5. The van der Waals surface area contributed by atoms with Crippen LogP contribution in [0.1, 0.15) is 45.9 Å². The number of carbonyl (C=O) groups excluding carboxylic acids is 1. The summed E-state index contributed by atoms with van der Waals surface area (Å²) in [5, 5.41) is 0. The molecule has 116 valence electrons. The molecule has 2 heterocycles. The number of aryl methyl sites for hydroxylation is 1. The van der Waals surface area contributed by atoms with E-state index in [4.69, 9.17) is 4.74 Å². The summed E-state index contributed by atoms with van der Waals surface area (Å²) >= 11 is 0. The molecule has 0 saturated carbocycles. The third-order valence-corrected chi connectivity index (χ3v) is 3.51. The molecule has 0 radical (unpaired) electrons. The number of rotatable bonds is 3. The Labute approximate surface area is 126 Å². The van der Waals surface area contributed by atoms with E-state index in [0.29, 0.717) is 18.1 Å². The molecule has 1 aromatic heterocycles. The number of nitrogens with zero attached hydrogens (tertiary/aromatic N) is 3. The van der Waals surface area contributed by atoms with Gasteiger partial charge in [-0.2, -0.15) is 4.98 Å². The van der Waals surface area contributed by atoms with Crippen molar-refractivity contribution in [1.82, 2.24) is 14.9 Å². The Balaban J connectivity index is 1.82. The average molecular weight is 291 g/mol. The summed E-state index contributed by atoms with van der Waals surface area (Å²) in [6.07, 6.45) is 4.17. The van der Waals surface area contributed by atoms with Crippen LogP contribution >= 0.6 is 0 Å². The van der Waals surface area contributed by atoms with E-state index in [1.807, 2.05) is 11.8 Å². The maximum atomic E-state index is 12.2. The first-order valence-electron chi connectivity index (χ1n) is 7.57. The number of aromatic nitrogens is 2. The van der Waals surface area contributed by atoms with Crippen LogP contribution in [0, 0.1) is 12.3 Å². The molecule has 21 heavy (non-hydrogen) atoms. The van der Waals surface area contributed by atoms with Crippen molar-refractivity contribution in [3.8, 4) is 5.88 Å². The topological polar surface area (TPSA) is 55.3 Å². The molecule has 0 atom stereocenters. The van der Waals surface area contributed by atoms with Gasteiger partial charge in [0.25, 0.3) is 0 Å². The highest BCUT2D eigenvalue weighted by Crippen LogP contribution is 2.22. The Morgan fingerprint density at radius 3 is 2.62 bits per heavy atom. The summed E-state index contributed by atoms with van der Waals surface area (Å²) in [6, 6.07) is 1.78. The van der Waals surface area contributed by atoms with Crippen molar-refractivity contribution in [2.24, 2.45) is 5.41 Å². The van der Waals surface area contributed by atoms with Gasteiger partial charge < -0.3 is 9.64 Å². The van der Waals surface area contributed by atoms with Gasteiger partial charge in [-0.3, -0.25) is 4.79 Å². The van der Waals surface area contributed by atoms with E-state index >= 15 is 0 Å². The van der Waals surface area contributed by atoms with Crippen LogP contribution in [0.15, 0.2) is 12.3 Å². The lowest BCUT2D eigenvalue weighted by Crippen LogP contribution is -2.42. The van der Waals surface area contributed by atoms with Gasteiger partial charge in [0.05, 0.1) is 0 Å². The SMILES string of the molecule is Cc1nccc(OC2CCN(C(=O)CC(C)(C)C)CC2)n1. The van der Waals surface area contributed by atoms with Gasteiger partial charge in [-0.05, 0) is 12.3 Å². The molecule has 1 fully saturated rings. The number of piperidine rings is 1. The minimum atomic E-state index is 0.0446. The smallest absolute Gasteiger partial charge is 0.223 e. The van der Waals surface area contributed by atoms with Gasteiger partial charge in [0.1, 0.15) is 11.9 Å². The second-order valence-corrected chi connectivity index (χ2v) is 6.88. The summed E-state index contributed by atoms with van der Waals surface area (Å²) in [4.78, 5) is 22.5. The molecular weight excluding hydrogens is 266 g/mol. The van der Waals surface area contributed by atoms with Crippen LogP contribution < -0.4 is 4.74 Å². The van der Waals surface area contributed by atoms with Crippen molar-refractivity contribution >= 4 is 5.91 Å². The van der Waals surface area contributed by atoms with E-state index in [1.54, 1.807) is 12.3 Å². The first-order chi connectivity index (χ1) is 9.83. The predicted molar refractivity (Wildman–Crippen MR) is 81.1 cm³/mol. The van der Waals surface area contributed by atoms with Crippen LogP contribution in [-0.4, -0.2) is 40.0 Å². The van der Waals surface area contributed by atoms with Gasteiger partial charge in [-0.25, -0.2) is 4.98 Å². The van der Waals surface area contributed by atoms with Crippen LogP contribution in [-0.2, 0) is 4.79 Å². The number of carbonyl (C=O) groups is 1. The molecule has 1 saturated heterocycles. The van der Waals surface area contributed by atoms with E-state index in [0.717, 1.165) is 25.9 Å². The van der Waals surface area contributed by atoms with Gasteiger partial charge in [0, 0.05) is 44.6 Å². The molecule has 5 heteroatoms. The van der Waals surface area contributed by atoms with E-state index in [9.17, 15) is 4.79 Å². The Kier molecular flexibility index (Phi) is 4.80. The summed E-state index contributed by atoms with van der Waals surface area (Å²) in [5.74, 6) is 1.59. The van der Waals surface area contributed by atoms with Crippen molar-refractivity contribution in [3.63, 3.8) is 0 Å². The maximum absolute atomic E-state index is 12.2. The average Bonchev–Trinajstić information content (AvgIpc) is 2.37. The largest absolute Gasteiger partial charge is 0.474 e. The fraction of sp³-hybridized carbons (Fsp3) is 0.688. The third-order valence-electron chi connectivity index (χ3n) is 3.51. The second kappa shape index (κ2) is 6.41. The highest BCUT2D eigenvalue weighted by molar-refractivity contribution is 5.76. The highest BCUT2D eigenvalue weighted by Gasteiger charge is 2.26. The maximum Gasteiger partial charge on any atom is 0.223 e. The lowest BCUT2D eigenvalue weighted by molar-refractivity contribution is -0.134. The van der Waals surface area contributed by atoms with Crippen LogP contribution in [0.25, 0.3) is 0 Å². The van der Waals surface area contributed by atoms with Crippen molar-refractivity contribution in [2.75, 3.05) is 13.1 Å². The number of ether oxygens (including phenoxy) is 1. The van der Waals surface area contributed by atoms with Gasteiger partial charge >= 0.3 is 0 Å². The minimum Gasteiger partial charge on any atom is -0.474 e. The number of hydrogen-bond acceptors (Lipinski definition) is 4. The number of hydrogen-bond donors (Lipinski definition) is 0. The molecular formula is C16H25N3O2. The Morgan fingerprint density at radius 2 is 2.05 bits per heavy atom. The third kappa shape index (κ3) is 4.99. The molecule has 5 nitrogen and oxygen atoms in total. The second-order valence-electron chi connectivity index (χ2n) is 6.88. The molecule has 1 amide bonds. The summed E-state index contributed by atoms with van der Waals surface area (Å²) in [7, 11) is 0. The fourth-order valence-electron chi connectivity index (χ4n) is 2.46. The van der Waals surface area contributed by atoms with Crippen molar-refractivity contribution in [2.45, 2.75) is 53.1 Å². The van der Waals surface area contributed by atoms with Crippen LogP contribution in [0.5, 0.6) is 5.88 Å². The lowest BCUT2D eigenvalue weighted by Gasteiger charge is -2.33. The molecule has 1 aliphatic heterocycles. The van der Waals surface area contributed by atoms with E-state index in [2.05, 4.69) is 30.7 Å². The summed E-state index contributed by atoms with van der Waals surface area (Å²) in [5.41, 5.74) is 0.0446. The molecule has 0 bridgehead atoms. The van der Waals surface area contributed by atoms with Gasteiger partial charge in [0.2, 0.25) is 11.8 Å². The monoisotopic (exact) mass is 291 g/mol. The zero-order valence-electron chi connectivity index (χ0n) is 13.4. The molecule has 0 aromatic carbocycles. The van der Waals surface area contributed by atoms with E-state index < -0.39 is 0 Å². The molecule has 2 rings (SSSR count). The fourth-order valence-corrected chi connectivity index (χ4v) is 2.46. The predicted octanol–water partition coefficient (Wildman–Crippen LogP) is 2.59. The lowest BCUT2D eigenvalue weighted by atomic mass is 9.91. The normalized spacial score (nSPS) is 16.9. The molecule has 1 aromatic rings. The molecule has 0 spiro atoms. The van der Waals surface area contributed by atoms with Crippen LogP contribution in [0.3, 0.4) is 0 Å². The van der Waals surface area contributed by atoms with Crippen molar-refractivity contribution in [3.05, 3.63) is 18.1 Å². The van der Waals surface area contributed by atoms with Crippen molar-refractivity contribution in [1.29, 1.82) is 0 Å². The number of amides is 1. The van der Waals surface area contributed by atoms with Crippen LogP contribution in [0.2, 0.25) is 0 Å². The molecule has 0 unspecified atom stereocenters. The van der Waals surface area contributed by atoms with Crippen molar-refractivity contribution < 1.29 is 9.53 Å². The number of likely N-dealkylation sites (tertiary alicyclic amines) is 1. The van der Waals surface area contributed by atoms with Crippen LogP contribution in [0.4, 0.5) is 0 Å². The highest BCUT2D eigenvalue weighted by atomic mass is 16.5. The standard InChI is InChI=1S/C16H25N3O2/c1-12-17-8-5-14(18-12)21-13-6-9-19(10-7-13)15(20)11-16(2,3)4/h5,8,13H,6-7,9-11H2,1-4H3. The quantitative estimate of drug-likeness (QED) is 0.859. The Hall–Kier alpha value is -1.65. The molecule has 1 aliphatic rings. The van der Waals surface area contributed by atoms with E-state index in [-0.39, 0.29) is 17.4 Å². The summed E-state index contributed by atoms with van der Waals surface area (Å²) < 4.78 is 5.88. The molecule has 0 aliphatic carbocycles. The Bertz CT molecular complexity index is 489. The summed E-state index contributed by atoms with van der Waals surface area (Å²) in [6.45, 7) is 9.67.